The number of carbonyl (C=O) groups is 2. The van der Waals surface area contributed by atoms with E-state index in [0.717, 1.165) is 0 Å². The van der Waals surface area contributed by atoms with Crippen LogP contribution < -0.4 is 10.5 Å². The van der Waals surface area contributed by atoms with Gasteiger partial charge in [-0.15, -0.1) is 0 Å². The third-order valence-corrected chi connectivity index (χ3v) is 2.12. The Bertz CT molecular complexity index is 493. The lowest BCUT2D eigenvalue weighted by molar-refractivity contribution is -0.159. The quantitative estimate of drug-likeness (QED) is 0.617. The Morgan fingerprint density at radius 2 is 2.05 bits per heavy atom. The number of primary amides is 1. The van der Waals surface area contributed by atoms with E-state index in [1.165, 1.54) is 12.3 Å². The lowest BCUT2D eigenvalue weighted by Crippen LogP contribution is -2.25. The van der Waals surface area contributed by atoms with Crippen LogP contribution in [-0.4, -0.2) is 28.8 Å². The molecule has 0 aromatic carbocycles. The zero-order valence-corrected chi connectivity index (χ0v) is 11.0. The summed E-state index contributed by atoms with van der Waals surface area (Å²) >= 11 is 0. The number of rotatable bonds is 4. The second-order valence-electron chi connectivity index (χ2n) is 4.82. The summed E-state index contributed by atoms with van der Waals surface area (Å²) in [6.45, 7) is 4.61. The van der Waals surface area contributed by atoms with Gasteiger partial charge in [0.1, 0.15) is 0 Å². The zero-order chi connectivity index (χ0) is 14.6. The minimum Gasteiger partial charge on any atom is -0.504 e. The second kappa shape index (κ2) is 5.55. The van der Waals surface area contributed by atoms with Crippen LogP contribution in [0.2, 0.25) is 0 Å². The van der Waals surface area contributed by atoms with Crippen LogP contribution in [0.25, 0.3) is 0 Å². The van der Waals surface area contributed by atoms with Crippen LogP contribution in [0.5, 0.6) is 11.5 Å². The fourth-order valence-corrected chi connectivity index (χ4v) is 1.11. The summed E-state index contributed by atoms with van der Waals surface area (Å²) in [5, 5.41) is 9.55. The van der Waals surface area contributed by atoms with Gasteiger partial charge < -0.3 is 20.3 Å². The summed E-state index contributed by atoms with van der Waals surface area (Å²) in [6, 6.07) is 1.23. The average Bonchev–Trinajstić information content (AvgIpc) is 2.29. The Hall–Kier alpha value is -2.31. The van der Waals surface area contributed by atoms with Crippen LogP contribution in [-0.2, 0) is 9.53 Å². The summed E-state index contributed by atoms with van der Waals surface area (Å²) in [5.74, 6) is -1.85. The van der Waals surface area contributed by atoms with Gasteiger partial charge in [-0.2, -0.15) is 0 Å². The predicted molar refractivity (Wildman–Crippen MR) is 65.5 cm³/mol. The number of aromatic hydroxyl groups is 1. The Labute approximate surface area is 110 Å². The van der Waals surface area contributed by atoms with Crippen molar-refractivity contribution in [3.05, 3.63) is 18.0 Å². The number of pyridine rings is 1. The smallest absolute Gasteiger partial charge is 0.314 e. The van der Waals surface area contributed by atoms with Crippen LogP contribution in [0.15, 0.2) is 12.3 Å². The number of aromatic nitrogens is 1. The molecule has 0 radical (unpaired) electrons. The van der Waals surface area contributed by atoms with E-state index >= 15 is 0 Å². The predicted octanol–water partition coefficient (Wildman–Crippen LogP) is 0.812. The molecule has 0 bridgehead atoms. The fraction of sp³-hybridized carbons (Fsp3) is 0.417. The molecule has 0 saturated carbocycles. The third-order valence-electron chi connectivity index (χ3n) is 2.12. The van der Waals surface area contributed by atoms with Crippen molar-refractivity contribution in [2.45, 2.75) is 20.8 Å². The number of carbonyl (C=O) groups excluding carboxylic acids is 2. The molecule has 0 saturated heterocycles. The number of amides is 1. The molecule has 1 amide bonds. The van der Waals surface area contributed by atoms with Gasteiger partial charge in [0.2, 0.25) is 6.79 Å². The molecule has 3 N–H and O–H groups in total. The molecule has 1 aromatic rings. The molecule has 104 valence electrons. The molecule has 0 aliphatic heterocycles. The first-order chi connectivity index (χ1) is 8.73. The van der Waals surface area contributed by atoms with E-state index in [9.17, 15) is 14.7 Å². The average molecular weight is 268 g/mol. The van der Waals surface area contributed by atoms with E-state index in [1.54, 1.807) is 20.8 Å². The number of ether oxygens (including phenoxy) is 2. The molecule has 1 rings (SSSR count). The van der Waals surface area contributed by atoms with Crippen LogP contribution in [0.4, 0.5) is 0 Å². The molecule has 0 aliphatic rings. The summed E-state index contributed by atoms with van der Waals surface area (Å²) in [7, 11) is 0. The first-order valence-corrected chi connectivity index (χ1v) is 5.51. The van der Waals surface area contributed by atoms with E-state index in [1.807, 2.05) is 0 Å². The number of hydrogen-bond donors (Lipinski definition) is 2. The van der Waals surface area contributed by atoms with Gasteiger partial charge in [-0.05, 0) is 20.8 Å². The molecule has 7 nitrogen and oxygen atoms in total. The van der Waals surface area contributed by atoms with Gasteiger partial charge in [-0.25, -0.2) is 4.98 Å². The molecule has 0 atom stereocenters. The zero-order valence-electron chi connectivity index (χ0n) is 11.0. The number of hydrogen-bond acceptors (Lipinski definition) is 6. The molecule has 0 fully saturated rings. The number of nitrogens with zero attached hydrogens (tertiary/aromatic N) is 1. The van der Waals surface area contributed by atoms with Crippen molar-refractivity contribution in [1.29, 1.82) is 0 Å². The van der Waals surface area contributed by atoms with Crippen molar-refractivity contribution < 1.29 is 24.2 Å². The van der Waals surface area contributed by atoms with Crippen molar-refractivity contribution in [1.82, 2.24) is 4.98 Å². The van der Waals surface area contributed by atoms with Crippen LogP contribution in [0.1, 0.15) is 31.3 Å². The molecule has 1 aromatic heterocycles. The van der Waals surface area contributed by atoms with Crippen molar-refractivity contribution in [3.8, 4) is 11.5 Å². The highest BCUT2D eigenvalue weighted by Crippen LogP contribution is 2.28. The van der Waals surface area contributed by atoms with Gasteiger partial charge in [-0.1, -0.05) is 0 Å². The number of nitrogens with two attached hydrogens (primary N) is 1. The number of esters is 1. The monoisotopic (exact) mass is 268 g/mol. The Morgan fingerprint density at radius 1 is 1.42 bits per heavy atom. The maximum atomic E-state index is 11.5. The van der Waals surface area contributed by atoms with Gasteiger partial charge in [0.05, 0.1) is 5.41 Å². The van der Waals surface area contributed by atoms with Crippen molar-refractivity contribution in [3.63, 3.8) is 0 Å². The first kappa shape index (κ1) is 14.7. The van der Waals surface area contributed by atoms with Gasteiger partial charge in [-0.3, -0.25) is 9.59 Å². The van der Waals surface area contributed by atoms with Gasteiger partial charge in [0.15, 0.2) is 17.2 Å². The Kier molecular flexibility index (Phi) is 4.31. The van der Waals surface area contributed by atoms with Gasteiger partial charge in [0, 0.05) is 12.3 Å². The maximum Gasteiger partial charge on any atom is 0.314 e. The maximum absolute atomic E-state index is 11.5. The molecule has 1 heterocycles. The molecule has 0 aliphatic carbocycles. The standard InChI is InChI=1S/C12H16N2O5/c1-12(2,3)11(17)19-6-18-9-7(15)4-5-14-8(9)10(13)16/h4-5H,6H2,1-3H3,(H2,13,16)(H,14,15). The van der Waals surface area contributed by atoms with E-state index in [0.29, 0.717) is 0 Å². The Balaban J connectivity index is 2.74. The highest BCUT2D eigenvalue weighted by atomic mass is 16.7. The highest BCUT2D eigenvalue weighted by molar-refractivity contribution is 5.94. The van der Waals surface area contributed by atoms with Crippen molar-refractivity contribution in [2.24, 2.45) is 11.1 Å². The van der Waals surface area contributed by atoms with Crippen LogP contribution >= 0.6 is 0 Å². The normalized spacial score (nSPS) is 10.9. The summed E-state index contributed by atoms with van der Waals surface area (Å²) in [5.41, 5.74) is 4.18. The van der Waals surface area contributed by atoms with Crippen LogP contribution in [0, 0.1) is 5.41 Å². The van der Waals surface area contributed by atoms with E-state index < -0.39 is 24.1 Å². The van der Waals surface area contributed by atoms with Crippen molar-refractivity contribution >= 4 is 11.9 Å². The lowest BCUT2D eigenvalue weighted by atomic mass is 9.98. The van der Waals surface area contributed by atoms with E-state index in [2.05, 4.69) is 4.98 Å². The fourth-order valence-electron chi connectivity index (χ4n) is 1.11. The lowest BCUT2D eigenvalue weighted by Gasteiger charge is -2.17. The SMILES string of the molecule is CC(C)(C)C(=O)OCOc1c(O)ccnc1C(N)=O. The molecular weight excluding hydrogens is 252 g/mol. The largest absolute Gasteiger partial charge is 0.504 e. The minimum atomic E-state index is -0.854. The molecule has 19 heavy (non-hydrogen) atoms. The third kappa shape index (κ3) is 3.84. The second-order valence-corrected chi connectivity index (χ2v) is 4.82. The van der Waals surface area contributed by atoms with Gasteiger partial charge in [0.25, 0.3) is 5.91 Å². The molecule has 0 spiro atoms. The van der Waals surface area contributed by atoms with Crippen molar-refractivity contribution in [2.75, 3.05) is 6.79 Å². The van der Waals surface area contributed by atoms with Crippen LogP contribution in [0.3, 0.4) is 0 Å². The highest BCUT2D eigenvalue weighted by Gasteiger charge is 2.23. The molecular formula is C12H16N2O5. The minimum absolute atomic E-state index is 0.211. The molecule has 7 heteroatoms. The van der Waals surface area contributed by atoms with Gasteiger partial charge >= 0.3 is 5.97 Å². The molecule has 0 unspecified atom stereocenters. The van der Waals surface area contributed by atoms with E-state index in [4.69, 9.17) is 15.2 Å². The van der Waals surface area contributed by atoms with E-state index in [-0.39, 0.29) is 17.2 Å². The first-order valence-electron chi connectivity index (χ1n) is 5.51. The summed E-state index contributed by atoms with van der Waals surface area (Å²) in [4.78, 5) is 26.3. The Morgan fingerprint density at radius 3 is 2.58 bits per heavy atom. The summed E-state index contributed by atoms with van der Waals surface area (Å²) in [6.07, 6.45) is 1.21. The topological polar surface area (TPSA) is 112 Å². The summed E-state index contributed by atoms with van der Waals surface area (Å²) < 4.78 is 9.89.